The molecule has 0 bridgehead atoms. The van der Waals surface area contributed by atoms with Gasteiger partial charge in [0.05, 0.1) is 0 Å². The Labute approximate surface area is 57.7 Å². The van der Waals surface area contributed by atoms with E-state index in [0.29, 0.717) is 5.57 Å². The van der Waals surface area contributed by atoms with Crippen LogP contribution in [0.5, 0.6) is 0 Å². The second kappa shape index (κ2) is 1.87. The van der Waals surface area contributed by atoms with Gasteiger partial charge in [-0.2, -0.15) is 8.78 Å². The van der Waals surface area contributed by atoms with Crippen molar-refractivity contribution in [1.29, 1.82) is 0 Å². The summed E-state index contributed by atoms with van der Waals surface area (Å²) in [5.41, 5.74) is 0.736. The number of hydrogen-bond acceptors (Lipinski definition) is 1. The maximum absolute atomic E-state index is 12.4. The lowest BCUT2D eigenvalue weighted by Crippen LogP contribution is -2.23. The van der Waals surface area contributed by atoms with Gasteiger partial charge in [0.25, 0.3) is 0 Å². The number of Topliss-reactive ketones (excluding diaryl/α,β-unsaturated/α-hetero) is 1. The Balaban J connectivity index is 2.99. The minimum Gasteiger partial charge on any atom is -0.288 e. The summed E-state index contributed by atoms with van der Waals surface area (Å²) in [6.45, 7) is 3.01. The summed E-state index contributed by atoms with van der Waals surface area (Å²) in [7, 11) is 0. The number of ketones is 1. The van der Waals surface area contributed by atoms with Gasteiger partial charge in [-0.1, -0.05) is 5.57 Å². The fourth-order valence-corrected chi connectivity index (χ4v) is 1.01. The van der Waals surface area contributed by atoms with Gasteiger partial charge in [-0.25, -0.2) is 0 Å². The standard InChI is InChI=1S/C7H8F2O/c1-4-3-7(8,9)6(10)5(4)2/h3H2,1-2H3. The summed E-state index contributed by atoms with van der Waals surface area (Å²) < 4.78 is 24.9. The number of halogens is 2. The van der Waals surface area contributed by atoms with Crippen molar-refractivity contribution in [2.24, 2.45) is 0 Å². The highest BCUT2D eigenvalue weighted by molar-refractivity contribution is 6.03. The molecule has 0 aromatic carbocycles. The molecule has 0 heterocycles. The number of carbonyl (C=O) groups excluding carboxylic acids is 1. The SMILES string of the molecule is CC1=C(C)C(=O)C(F)(F)C1. The van der Waals surface area contributed by atoms with Crippen molar-refractivity contribution < 1.29 is 13.6 Å². The molecule has 10 heavy (non-hydrogen) atoms. The second-order valence-corrected chi connectivity index (χ2v) is 2.62. The van der Waals surface area contributed by atoms with Gasteiger partial charge in [-0.05, 0) is 19.4 Å². The fourth-order valence-electron chi connectivity index (χ4n) is 1.01. The summed E-state index contributed by atoms with van der Waals surface area (Å²) in [6, 6.07) is 0. The van der Waals surface area contributed by atoms with E-state index in [1.54, 1.807) is 6.92 Å². The summed E-state index contributed by atoms with van der Waals surface area (Å²) in [4.78, 5) is 10.6. The molecule has 1 aliphatic carbocycles. The van der Waals surface area contributed by atoms with Gasteiger partial charge in [0.15, 0.2) is 0 Å². The molecule has 0 unspecified atom stereocenters. The monoisotopic (exact) mass is 146 g/mol. The van der Waals surface area contributed by atoms with E-state index in [2.05, 4.69) is 0 Å². The van der Waals surface area contributed by atoms with Crippen molar-refractivity contribution in [2.45, 2.75) is 26.2 Å². The predicted octanol–water partition coefficient (Wildman–Crippen LogP) is 1.93. The summed E-state index contributed by atoms with van der Waals surface area (Å²) in [5.74, 6) is -4.13. The first kappa shape index (κ1) is 7.38. The lowest BCUT2D eigenvalue weighted by molar-refractivity contribution is -0.136. The van der Waals surface area contributed by atoms with E-state index in [-0.39, 0.29) is 5.57 Å². The third-order valence-corrected chi connectivity index (χ3v) is 1.80. The topological polar surface area (TPSA) is 17.1 Å². The van der Waals surface area contributed by atoms with Crippen LogP contribution < -0.4 is 0 Å². The third kappa shape index (κ3) is 0.856. The first-order valence-electron chi connectivity index (χ1n) is 3.04. The number of allylic oxidation sites excluding steroid dienone is 2. The normalized spacial score (nSPS) is 24.2. The van der Waals surface area contributed by atoms with Crippen LogP contribution in [0.25, 0.3) is 0 Å². The zero-order chi connectivity index (χ0) is 7.94. The highest BCUT2D eigenvalue weighted by atomic mass is 19.3. The van der Waals surface area contributed by atoms with Crippen molar-refractivity contribution in [1.82, 2.24) is 0 Å². The molecule has 1 rings (SSSR count). The van der Waals surface area contributed by atoms with E-state index in [0.717, 1.165) is 0 Å². The maximum atomic E-state index is 12.4. The van der Waals surface area contributed by atoms with Gasteiger partial charge in [-0.3, -0.25) is 4.79 Å². The first-order valence-corrected chi connectivity index (χ1v) is 3.04. The van der Waals surface area contributed by atoms with Crippen LogP contribution in [0.2, 0.25) is 0 Å². The first-order chi connectivity index (χ1) is 4.45. The number of alkyl halides is 2. The number of carbonyl (C=O) groups is 1. The molecule has 3 heteroatoms. The predicted molar refractivity (Wildman–Crippen MR) is 32.9 cm³/mol. The van der Waals surface area contributed by atoms with Gasteiger partial charge < -0.3 is 0 Å². The van der Waals surface area contributed by atoms with E-state index < -0.39 is 18.1 Å². The van der Waals surface area contributed by atoms with Crippen LogP contribution in [0.4, 0.5) is 8.78 Å². The van der Waals surface area contributed by atoms with Crippen LogP contribution in [0.3, 0.4) is 0 Å². The highest BCUT2D eigenvalue weighted by Gasteiger charge is 2.44. The molecular formula is C7H8F2O. The van der Waals surface area contributed by atoms with Crippen molar-refractivity contribution in [3.05, 3.63) is 11.1 Å². The fraction of sp³-hybridized carbons (Fsp3) is 0.571. The molecule has 56 valence electrons. The average Bonchev–Trinajstić information content (AvgIpc) is 1.95. The largest absolute Gasteiger partial charge is 0.313 e. The van der Waals surface area contributed by atoms with E-state index >= 15 is 0 Å². The Morgan fingerprint density at radius 2 is 1.90 bits per heavy atom. The summed E-state index contributed by atoms with van der Waals surface area (Å²) in [5, 5.41) is 0. The van der Waals surface area contributed by atoms with Crippen LogP contribution in [-0.2, 0) is 4.79 Å². The van der Waals surface area contributed by atoms with Crippen molar-refractivity contribution >= 4 is 5.78 Å². The Hall–Kier alpha value is -0.730. The van der Waals surface area contributed by atoms with Crippen LogP contribution in [-0.4, -0.2) is 11.7 Å². The second-order valence-electron chi connectivity index (χ2n) is 2.62. The molecule has 0 radical (unpaired) electrons. The Bertz CT molecular complexity index is 216. The van der Waals surface area contributed by atoms with Crippen molar-refractivity contribution in [3.8, 4) is 0 Å². The third-order valence-electron chi connectivity index (χ3n) is 1.80. The quantitative estimate of drug-likeness (QED) is 0.510. The minimum atomic E-state index is -3.12. The van der Waals surface area contributed by atoms with E-state index in [1.165, 1.54) is 6.92 Å². The van der Waals surface area contributed by atoms with Gasteiger partial charge in [0, 0.05) is 6.42 Å². The van der Waals surface area contributed by atoms with Crippen molar-refractivity contribution in [3.63, 3.8) is 0 Å². The minimum absolute atomic E-state index is 0.227. The zero-order valence-electron chi connectivity index (χ0n) is 5.87. The molecule has 0 spiro atoms. The van der Waals surface area contributed by atoms with Crippen molar-refractivity contribution in [2.75, 3.05) is 0 Å². The lowest BCUT2D eigenvalue weighted by atomic mass is 10.2. The molecule has 0 N–H and O–H groups in total. The molecule has 1 aliphatic rings. The van der Waals surface area contributed by atoms with E-state index in [1.807, 2.05) is 0 Å². The van der Waals surface area contributed by atoms with Crippen LogP contribution in [0.15, 0.2) is 11.1 Å². The molecule has 0 aromatic rings. The smallest absolute Gasteiger partial charge is 0.288 e. The Morgan fingerprint density at radius 3 is 2.00 bits per heavy atom. The number of hydrogen-bond donors (Lipinski definition) is 0. The van der Waals surface area contributed by atoms with Crippen LogP contribution in [0.1, 0.15) is 20.3 Å². The molecule has 0 amide bonds. The highest BCUT2D eigenvalue weighted by Crippen LogP contribution is 2.35. The van der Waals surface area contributed by atoms with Crippen LogP contribution >= 0.6 is 0 Å². The summed E-state index contributed by atoms with van der Waals surface area (Å²) in [6.07, 6.45) is -0.391. The molecule has 0 saturated carbocycles. The Morgan fingerprint density at radius 1 is 1.40 bits per heavy atom. The zero-order valence-corrected chi connectivity index (χ0v) is 5.87. The molecule has 0 aliphatic heterocycles. The number of rotatable bonds is 0. The summed E-state index contributed by atoms with van der Waals surface area (Å²) >= 11 is 0. The average molecular weight is 146 g/mol. The lowest BCUT2D eigenvalue weighted by Gasteiger charge is -2.04. The molecule has 0 fully saturated rings. The maximum Gasteiger partial charge on any atom is 0.313 e. The molecule has 0 saturated heterocycles. The van der Waals surface area contributed by atoms with Gasteiger partial charge in [0.2, 0.25) is 5.78 Å². The van der Waals surface area contributed by atoms with E-state index in [4.69, 9.17) is 0 Å². The van der Waals surface area contributed by atoms with Gasteiger partial charge in [0.1, 0.15) is 0 Å². The molecule has 0 aromatic heterocycles. The van der Waals surface area contributed by atoms with Crippen LogP contribution in [0, 0.1) is 0 Å². The van der Waals surface area contributed by atoms with E-state index in [9.17, 15) is 13.6 Å². The van der Waals surface area contributed by atoms with Gasteiger partial charge >= 0.3 is 5.92 Å². The molecule has 0 atom stereocenters. The Kier molecular flexibility index (Phi) is 1.38. The molecule has 1 nitrogen and oxygen atoms in total. The molecular weight excluding hydrogens is 138 g/mol. The van der Waals surface area contributed by atoms with Gasteiger partial charge in [-0.15, -0.1) is 0 Å².